The minimum Gasteiger partial charge on any atom is -0.455 e. The molecule has 0 unspecified atom stereocenters. The summed E-state index contributed by atoms with van der Waals surface area (Å²) in [6.45, 7) is 0. The molecule has 0 bridgehead atoms. The molecule has 0 radical (unpaired) electrons. The molecule has 3 heterocycles. The Hall–Kier alpha value is -7.99. The van der Waals surface area contributed by atoms with Gasteiger partial charge >= 0.3 is 0 Å². The van der Waals surface area contributed by atoms with Crippen molar-refractivity contribution in [1.82, 2.24) is 15.0 Å². The van der Waals surface area contributed by atoms with E-state index in [1.807, 2.05) is 72.0 Å². The number of para-hydroxylation sites is 1. The molecule has 4 nitrogen and oxygen atoms in total. The average Bonchev–Trinajstić information content (AvgIpc) is 3.92. The highest BCUT2D eigenvalue weighted by atomic mass is 32.1. The predicted octanol–water partition coefficient (Wildman–Crippen LogP) is 15.9. The van der Waals surface area contributed by atoms with Gasteiger partial charge in [0.2, 0.25) is 0 Å². The Morgan fingerprint density at radius 2 is 0.742 bits per heavy atom. The van der Waals surface area contributed by atoms with E-state index in [-0.39, 0.29) is 0 Å². The maximum absolute atomic E-state index is 6.81. The molecule has 0 atom stereocenters. The summed E-state index contributed by atoms with van der Waals surface area (Å²) >= 11 is 1.84. The smallest absolute Gasteiger partial charge is 0.164 e. The minimum atomic E-state index is 0.597. The SMILES string of the molecule is c1ccc(-c2nc(-c3ccccc3)nc(-c3ccc4c(c3)oc3c(-c5ccc6sc7ccc(-c8ccc9c%10ccccc%10c%10ccccc%10c9c8)cc7c6c5)cccc34)n2)cc1. The van der Waals surface area contributed by atoms with Crippen LogP contribution in [0.1, 0.15) is 0 Å². The molecule has 3 aromatic heterocycles. The second-order valence-corrected chi connectivity index (χ2v) is 17.0. The van der Waals surface area contributed by atoms with E-state index >= 15 is 0 Å². The van der Waals surface area contributed by atoms with Gasteiger partial charge in [-0.05, 0) is 91.5 Å². The van der Waals surface area contributed by atoms with Crippen molar-refractivity contribution in [2.24, 2.45) is 0 Å². The lowest BCUT2D eigenvalue weighted by molar-refractivity contribution is 0.670. The number of hydrogen-bond acceptors (Lipinski definition) is 5. The molecule has 0 fully saturated rings. The summed E-state index contributed by atoms with van der Waals surface area (Å²) in [4.78, 5) is 14.8. The van der Waals surface area contributed by atoms with Crippen LogP contribution in [0.15, 0.2) is 205 Å². The van der Waals surface area contributed by atoms with Gasteiger partial charge < -0.3 is 4.42 Å². The summed E-state index contributed by atoms with van der Waals surface area (Å²) in [5.41, 5.74) is 8.99. The molecule has 62 heavy (non-hydrogen) atoms. The number of thiophene rings is 1. The highest BCUT2D eigenvalue weighted by molar-refractivity contribution is 7.25. The molecule has 0 aliphatic carbocycles. The van der Waals surface area contributed by atoms with E-state index < -0.39 is 0 Å². The number of benzene rings is 10. The maximum atomic E-state index is 6.81. The van der Waals surface area contributed by atoms with Gasteiger partial charge in [-0.25, -0.2) is 15.0 Å². The van der Waals surface area contributed by atoms with Gasteiger partial charge in [0, 0.05) is 53.2 Å². The first-order chi connectivity index (χ1) is 30.7. The third kappa shape index (κ3) is 5.56. The van der Waals surface area contributed by atoms with E-state index in [0.717, 1.165) is 49.8 Å². The molecular formula is C57H33N3OS. The first kappa shape index (κ1) is 34.8. The predicted molar refractivity (Wildman–Crippen MR) is 260 cm³/mol. The monoisotopic (exact) mass is 807 g/mol. The van der Waals surface area contributed by atoms with E-state index in [1.165, 1.54) is 63.6 Å². The van der Waals surface area contributed by atoms with Crippen molar-refractivity contribution in [2.75, 3.05) is 0 Å². The van der Waals surface area contributed by atoms with Crippen molar-refractivity contribution in [3.63, 3.8) is 0 Å². The van der Waals surface area contributed by atoms with E-state index in [2.05, 4.69) is 140 Å². The van der Waals surface area contributed by atoms with Crippen LogP contribution in [0.4, 0.5) is 0 Å². The Labute approximate surface area is 360 Å². The van der Waals surface area contributed by atoms with Crippen LogP contribution in [0.25, 0.3) is 131 Å². The van der Waals surface area contributed by atoms with E-state index in [4.69, 9.17) is 19.4 Å². The molecular weight excluding hydrogens is 775 g/mol. The topological polar surface area (TPSA) is 51.8 Å². The van der Waals surface area contributed by atoms with Gasteiger partial charge in [-0.15, -0.1) is 11.3 Å². The summed E-state index contributed by atoms with van der Waals surface area (Å²) in [5.74, 6) is 1.86. The zero-order valence-corrected chi connectivity index (χ0v) is 34.0. The summed E-state index contributed by atoms with van der Waals surface area (Å²) in [6.07, 6.45) is 0. The van der Waals surface area contributed by atoms with Gasteiger partial charge in [0.25, 0.3) is 0 Å². The molecule has 13 aromatic rings. The average molecular weight is 808 g/mol. The van der Waals surface area contributed by atoms with Crippen LogP contribution in [0.3, 0.4) is 0 Å². The second kappa shape index (κ2) is 13.8. The molecule has 0 aliphatic heterocycles. The Kier molecular flexibility index (Phi) is 7.74. The van der Waals surface area contributed by atoms with Crippen molar-refractivity contribution in [1.29, 1.82) is 0 Å². The van der Waals surface area contributed by atoms with Crippen LogP contribution in [0, 0.1) is 0 Å². The zero-order chi connectivity index (χ0) is 40.7. The lowest BCUT2D eigenvalue weighted by Crippen LogP contribution is -2.00. The molecule has 0 saturated carbocycles. The van der Waals surface area contributed by atoms with Crippen LogP contribution in [0.2, 0.25) is 0 Å². The number of nitrogens with zero attached hydrogens (tertiary/aromatic N) is 3. The Balaban J connectivity index is 0.914. The molecule has 13 rings (SSSR count). The highest BCUT2D eigenvalue weighted by Gasteiger charge is 2.18. The normalized spacial score (nSPS) is 11.9. The Morgan fingerprint density at radius 1 is 0.290 bits per heavy atom. The van der Waals surface area contributed by atoms with Crippen LogP contribution in [-0.4, -0.2) is 15.0 Å². The molecule has 5 heteroatoms. The highest BCUT2D eigenvalue weighted by Crippen LogP contribution is 2.43. The van der Waals surface area contributed by atoms with Gasteiger partial charge in [-0.3, -0.25) is 0 Å². The Morgan fingerprint density at radius 3 is 1.37 bits per heavy atom. The fourth-order valence-electron chi connectivity index (χ4n) is 9.31. The summed E-state index contributed by atoms with van der Waals surface area (Å²) in [5, 5.41) is 12.3. The number of furan rings is 1. The van der Waals surface area contributed by atoms with Crippen molar-refractivity contribution in [3.05, 3.63) is 200 Å². The van der Waals surface area contributed by atoms with E-state index in [0.29, 0.717) is 17.5 Å². The van der Waals surface area contributed by atoms with Gasteiger partial charge in [0.1, 0.15) is 11.2 Å². The largest absolute Gasteiger partial charge is 0.455 e. The molecule has 0 amide bonds. The van der Waals surface area contributed by atoms with Crippen LogP contribution < -0.4 is 0 Å². The fourth-order valence-corrected chi connectivity index (χ4v) is 10.4. The quantitative estimate of drug-likeness (QED) is 0.163. The van der Waals surface area contributed by atoms with E-state index in [9.17, 15) is 0 Å². The third-order valence-corrected chi connectivity index (χ3v) is 13.5. The van der Waals surface area contributed by atoms with Crippen molar-refractivity contribution in [2.45, 2.75) is 0 Å². The molecule has 0 N–H and O–H groups in total. The van der Waals surface area contributed by atoms with Crippen LogP contribution >= 0.6 is 11.3 Å². The molecule has 0 spiro atoms. The number of rotatable bonds is 5. The lowest BCUT2D eigenvalue weighted by Gasteiger charge is -2.12. The number of hydrogen-bond donors (Lipinski definition) is 0. The summed E-state index contributed by atoms with van der Waals surface area (Å²) in [7, 11) is 0. The van der Waals surface area contributed by atoms with Crippen molar-refractivity contribution >= 4 is 85.8 Å². The van der Waals surface area contributed by atoms with Gasteiger partial charge in [0.15, 0.2) is 17.5 Å². The number of aromatic nitrogens is 3. The van der Waals surface area contributed by atoms with Crippen LogP contribution in [-0.2, 0) is 0 Å². The van der Waals surface area contributed by atoms with Gasteiger partial charge in [0.05, 0.1) is 0 Å². The van der Waals surface area contributed by atoms with Gasteiger partial charge in [-0.1, -0.05) is 158 Å². The Bertz CT molecular complexity index is 3830. The van der Waals surface area contributed by atoms with Gasteiger partial charge in [-0.2, -0.15) is 0 Å². The number of fused-ring (bicyclic) bond motifs is 12. The second-order valence-electron chi connectivity index (χ2n) is 15.9. The minimum absolute atomic E-state index is 0.597. The van der Waals surface area contributed by atoms with E-state index in [1.54, 1.807) is 0 Å². The lowest BCUT2D eigenvalue weighted by atomic mass is 9.92. The van der Waals surface area contributed by atoms with Crippen molar-refractivity contribution < 1.29 is 4.42 Å². The first-order valence-corrected chi connectivity index (χ1v) is 21.6. The third-order valence-electron chi connectivity index (χ3n) is 12.3. The molecule has 10 aromatic carbocycles. The first-order valence-electron chi connectivity index (χ1n) is 20.8. The summed E-state index contributed by atoms with van der Waals surface area (Å²) < 4.78 is 9.35. The molecule has 288 valence electrons. The van der Waals surface area contributed by atoms with Crippen LogP contribution in [0.5, 0.6) is 0 Å². The summed E-state index contributed by atoms with van der Waals surface area (Å²) in [6, 6.07) is 71.1. The van der Waals surface area contributed by atoms with Crippen molar-refractivity contribution in [3.8, 4) is 56.4 Å². The molecule has 0 aliphatic rings. The molecule has 0 saturated heterocycles. The zero-order valence-electron chi connectivity index (χ0n) is 33.2. The standard InChI is InChI=1S/C57H33N3OS/c1-3-12-34(13-4-1)55-58-56(35-14-5-2-6-15-35)60-57(59-55)39-23-27-46-47-21-11-20-40(54(47)61-51(46)33-39)38-25-29-53-50(32-38)49-31-37(24-28-52(49)62-53)36-22-26-45-43-18-8-7-16-41(43)42-17-9-10-19-44(42)48(45)30-36/h1-33H. The fraction of sp³-hybridized carbons (Fsp3) is 0. The maximum Gasteiger partial charge on any atom is 0.164 e.